The van der Waals surface area contributed by atoms with Crippen LogP contribution in [-0.4, -0.2) is 30.0 Å². The number of carbonyl (C=O) groups excluding carboxylic acids is 1. The molecule has 1 aliphatic heterocycles. The Kier molecular flexibility index (Phi) is 7.11. The van der Waals surface area contributed by atoms with Crippen LogP contribution in [0.1, 0.15) is 54.7 Å². The zero-order valence-electron chi connectivity index (χ0n) is 19.4. The van der Waals surface area contributed by atoms with Crippen molar-refractivity contribution in [3.63, 3.8) is 0 Å². The quantitative estimate of drug-likeness (QED) is 0.467. The van der Waals surface area contributed by atoms with Crippen LogP contribution in [0.2, 0.25) is 0 Å². The van der Waals surface area contributed by atoms with Crippen LogP contribution in [0.15, 0.2) is 66.5 Å². The average molecular weight is 479 g/mol. The van der Waals surface area contributed by atoms with Gasteiger partial charge in [-0.1, -0.05) is 23.8 Å². The van der Waals surface area contributed by atoms with Crippen LogP contribution in [0, 0.1) is 5.92 Å². The van der Waals surface area contributed by atoms with E-state index in [9.17, 15) is 4.79 Å². The Labute approximate surface area is 204 Å². The molecule has 0 radical (unpaired) electrons. The van der Waals surface area contributed by atoms with Gasteiger partial charge in [-0.25, -0.2) is 4.98 Å². The number of aromatic nitrogens is 1. The normalized spacial score (nSPS) is 23.0. The minimum absolute atomic E-state index is 0.0292. The van der Waals surface area contributed by atoms with E-state index in [2.05, 4.69) is 28.5 Å². The molecule has 7 heteroatoms. The molecule has 1 N–H and O–H groups in total. The highest BCUT2D eigenvalue weighted by molar-refractivity contribution is 7.20. The van der Waals surface area contributed by atoms with E-state index < -0.39 is 0 Å². The molecule has 178 valence electrons. The van der Waals surface area contributed by atoms with E-state index >= 15 is 0 Å². The lowest BCUT2D eigenvalue weighted by Crippen LogP contribution is -2.43. The fraction of sp³-hybridized carbons (Fsp3) is 0.407. The second-order valence-corrected chi connectivity index (χ2v) is 10.1. The van der Waals surface area contributed by atoms with Crippen molar-refractivity contribution in [3.8, 4) is 5.75 Å². The van der Waals surface area contributed by atoms with Gasteiger partial charge in [-0.3, -0.25) is 4.79 Å². The van der Waals surface area contributed by atoms with Gasteiger partial charge in [-0.2, -0.15) is 0 Å². The summed E-state index contributed by atoms with van der Waals surface area (Å²) in [5.74, 6) is 1.77. The molecule has 34 heavy (non-hydrogen) atoms. The van der Waals surface area contributed by atoms with E-state index in [1.54, 1.807) is 19.6 Å². The number of allylic oxidation sites excluding steroid dienone is 3. The number of Topliss-reactive ketones (excluding diaryl/α,β-unsaturated/α-hetero) is 1. The van der Waals surface area contributed by atoms with E-state index in [0.717, 1.165) is 66.7 Å². The standard InChI is InChI=1S/C27H30N2O4S/c1-31-21-11-12-25-23(16-21)29-27(34-25)26(30)19-7-9-20(10-8-19)28-22(24-17-32-13-14-33-24)15-18-5-3-2-4-6-18/h2-3,5,11-14,16-17,19-20,22,28H,4,6-10,15H2,1H3. The molecular formula is C27H30N2O4S. The van der Waals surface area contributed by atoms with E-state index in [0.29, 0.717) is 11.0 Å². The Morgan fingerprint density at radius 1 is 1.26 bits per heavy atom. The van der Waals surface area contributed by atoms with Crippen LogP contribution >= 0.6 is 11.3 Å². The number of hydrogen-bond acceptors (Lipinski definition) is 7. The van der Waals surface area contributed by atoms with E-state index in [1.165, 1.54) is 23.2 Å². The summed E-state index contributed by atoms with van der Waals surface area (Å²) in [6.45, 7) is 0. The van der Waals surface area contributed by atoms with E-state index in [4.69, 9.17) is 14.2 Å². The largest absolute Gasteiger partial charge is 0.497 e. The molecule has 2 aliphatic carbocycles. The molecule has 1 atom stereocenters. The number of thiazole rings is 1. The Balaban J connectivity index is 1.21. The minimum Gasteiger partial charge on any atom is -0.497 e. The number of rotatable bonds is 8. The Bertz CT molecular complexity index is 1150. The second-order valence-electron chi connectivity index (χ2n) is 9.03. The summed E-state index contributed by atoms with van der Waals surface area (Å²) in [7, 11) is 1.64. The fourth-order valence-corrected chi connectivity index (χ4v) is 5.85. The maximum atomic E-state index is 13.2. The van der Waals surface area contributed by atoms with Gasteiger partial charge in [0, 0.05) is 18.0 Å². The van der Waals surface area contributed by atoms with Crippen LogP contribution in [0.5, 0.6) is 5.75 Å². The van der Waals surface area contributed by atoms with Gasteiger partial charge in [-0.05, 0) is 57.1 Å². The molecule has 6 nitrogen and oxygen atoms in total. The number of carbonyl (C=O) groups is 1. The predicted molar refractivity (Wildman–Crippen MR) is 134 cm³/mol. The third kappa shape index (κ3) is 5.26. The summed E-state index contributed by atoms with van der Waals surface area (Å²) >= 11 is 1.48. The predicted octanol–water partition coefficient (Wildman–Crippen LogP) is 6.03. The van der Waals surface area contributed by atoms with Crippen LogP contribution in [0.4, 0.5) is 0 Å². The number of hydrogen-bond donors (Lipinski definition) is 1. The van der Waals surface area contributed by atoms with Crippen molar-refractivity contribution in [2.24, 2.45) is 5.92 Å². The number of ether oxygens (including phenoxy) is 3. The van der Waals surface area contributed by atoms with Gasteiger partial charge < -0.3 is 19.5 Å². The van der Waals surface area contributed by atoms with Gasteiger partial charge in [0.2, 0.25) is 0 Å². The number of ketones is 1. The van der Waals surface area contributed by atoms with Gasteiger partial charge in [-0.15, -0.1) is 11.3 Å². The zero-order chi connectivity index (χ0) is 23.3. The second kappa shape index (κ2) is 10.6. The molecule has 0 bridgehead atoms. The molecule has 0 amide bonds. The van der Waals surface area contributed by atoms with Crippen molar-refractivity contribution < 1.29 is 19.0 Å². The number of nitrogens with zero attached hydrogens (tertiary/aromatic N) is 1. The first kappa shape index (κ1) is 22.9. The van der Waals surface area contributed by atoms with Crippen LogP contribution in [0.25, 0.3) is 10.2 Å². The highest BCUT2D eigenvalue weighted by Gasteiger charge is 2.31. The van der Waals surface area contributed by atoms with Crippen molar-refractivity contribution >= 4 is 27.3 Å². The highest BCUT2D eigenvalue weighted by atomic mass is 32.1. The maximum absolute atomic E-state index is 13.2. The van der Waals surface area contributed by atoms with Crippen molar-refractivity contribution in [3.05, 3.63) is 71.6 Å². The maximum Gasteiger partial charge on any atom is 0.194 e. The number of methoxy groups -OCH3 is 1. The molecule has 0 saturated heterocycles. The summed E-state index contributed by atoms with van der Waals surface area (Å²) in [5, 5.41) is 4.41. The van der Waals surface area contributed by atoms with Gasteiger partial charge in [0.15, 0.2) is 16.6 Å². The number of benzene rings is 1. The Hall–Kier alpha value is -2.90. The topological polar surface area (TPSA) is 69.7 Å². The SMILES string of the molecule is COc1ccc2sc(C(=O)C3CCC(NC(CC4=CC=CCC4)C4=COC=CO4)CC3)nc2c1. The summed E-state index contributed by atoms with van der Waals surface area (Å²) in [6.07, 6.45) is 18.1. The van der Waals surface area contributed by atoms with Crippen molar-refractivity contribution in [2.45, 2.75) is 57.0 Å². The summed E-state index contributed by atoms with van der Waals surface area (Å²) in [6, 6.07) is 6.17. The molecule has 1 unspecified atom stereocenters. The van der Waals surface area contributed by atoms with Gasteiger partial charge in [0.1, 0.15) is 24.5 Å². The van der Waals surface area contributed by atoms with E-state index in [-0.39, 0.29) is 17.7 Å². The lowest BCUT2D eigenvalue weighted by Gasteiger charge is -2.32. The lowest BCUT2D eigenvalue weighted by atomic mass is 9.83. The fourth-order valence-electron chi connectivity index (χ4n) is 4.88. The highest BCUT2D eigenvalue weighted by Crippen LogP contribution is 2.33. The first-order valence-corrected chi connectivity index (χ1v) is 12.8. The third-order valence-corrected chi connectivity index (χ3v) is 7.82. The first-order chi connectivity index (χ1) is 16.7. The average Bonchev–Trinajstić information content (AvgIpc) is 3.33. The van der Waals surface area contributed by atoms with Crippen molar-refractivity contribution in [1.82, 2.24) is 10.3 Å². The van der Waals surface area contributed by atoms with Crippen molar-refractivity contribution in [1.29, 1.82) is 0 Å². The molecule has 1 aromatic carbocycles. The smallest absolute Gasteiger partial charge is 0.194 e. The molecule has 0 spiro atoms. The number of nitrogens with one attached hydrogen (secondary N) is 1. The molecule has 1 saturated carbocycles. The van der Waals surface area contributed by atoms with E-state index in [1.807, 2.05) is 18.2 Å². The third-order valence-electron chi connectivity index (χ3n) is 6.77. The van der Waals surface area contributed by atoms with Gasteiger partial charge >= 0.3 is 0 Å². The molecule has 1 aromatic heterocycles. The lowest BCUT2D eigenvalue weighted by molar-refractivity contribution is 0.0876. The molecule has 2 heterocycles. The molecule has 3 aliphatic rings. The van der Waals surface area contributed by atoms with Crippen LogP contribution in [-0.2, 0) is 9.47 Å². The first-order valence-electron chi connectivity index (χ1n) is 12.0. The molecule has 1 fully saturated rings. The summed E-state index contributed by atoms with van der Waals surface area (Å²) in [4.78, 5) is 17.8. The zero-order valence-corrected chi connectivity index (χ0v) is 20.2. The van der Waals surface area contributed by atoms with Gasteiger partial charge in [0.05, 0.1) is 23.4 Å². The van der Waals surface area contributed by atoms with Crippen LogP contribution < -0.4 is 10.1 Å². The van der Waals surface area contributed by atoms with Gasteiger partial charge in [0.25, 0.3) is 0 Å². The Morgan fingerprint density at radius 2 is 2.15 bits per heavy atom. The summed E-state index contributed by atoms with van der Waals surface area (Å²) < 4.78 is 17.4. The monoisotopic (exact) mass is 478 g/mol. The molecular weight excluding hydrogens is 448 g/mol. The molecule has 2 aromatic rings. The minimum atomic E-state index is 0.0292. The van der Waals surface area contributed by atoms with Crippen LogP contribution in [0.3, 0.4) is 0 Å². The Morgan fingerprint density at radius 3 is 2.88 bits per heavy atom. The molecule has 5 rings (SSSR count). The summed E-state index contributed by atoms with van der Waals surface area (Å²) in [5.41, 5.74) is 2.24. The van der Waals surface area contributed by atoms with Crippen molar-refractivity contribution in [2.75, 3.05) is 7.11 Å². The number of fused-ring (bicyclic) bond motifs is 1.